The molecule has 18 heavy (non-hydrogen) atoms. The highest BCUT2D eigenvalue weighted by Gasteiger charge is 2.25. The van der Waals surface area contributed by atoms with Gasteiger partial charge in [-0.15, -0.1) is 0 Å². The first-order chi connectivity index (χ1) is 8.66. The lowest BCUT2D eigenvalue weighted by atomic mass is 9.94. The number of ketones is 1. The van der Waals surface area contributed by atoms with Crippen molar-refractivity contribution in [2.24, 2.45) is 0 Å². The topological polar surface area (TPSA) is 34.9 Å². The quantitative estimate of drug-likeness (QED) is 0.773. The molecular formula is C14H13FN2O. The molecule has 1 heterocycles. The smallest absolute Gasteiger partial charge is 0.166 e. The second-order valence-electron chi connectivity index (χ2n) is 4.57. The summed E-state index contributed by atoms with van der Waals surface area (Å²) in [7, 11) is 0. The lowest BCUT2D eigenvalue weighted by Crippen LogP contribution is -2.13. The van der Waals surface area contributed by atoms with E-state index in [0.717, 1.165) is 35.5 Å². The minimum atomic E-state index is -0.271. The van der Waals surface area contributed by atoms with Gasteiger partial charge >= 0.3 is 0 Å². The van der Waals surface area contributed by atoms with Crippen molar-refractivity contribution in [3.05, 3.63) is 47.0 Å². The van der Waals surface area contributed by atoms with Crippen LogP contribution in [0.5, 0.6) is 0 Å². The number of rotatable bonds is 1. The predicted octanol–water partition coefficient (Wildman–Crippen LogP) is 2.84. The summed E-state index contributed by atoms with van der Waals surface area (Å²) in [6.07, 6.45) is 2.31. The van der Waals surface area contributed by atoms with Crippen molar-refractivity contribution in [2.75, 3.05) is 0 Å². The summed E-state index contributed by atoms with van der Waals surface area (Å²) in [4.78, 5) is 11.9. The second kappa shape index (κ2) is 4.05. The van der Waals surface area contributed by atoms with Crippen molar-refractivity contribution in [3.63, 3.8) is 0 Å². The molecule has 4 heteroatoms. The highest BCUT2D eigenvalue weighted by atomic mass is 19.1. The molecule has 0 atom stereocenters. The Morgan fingerprint density at radius 3 is 2.67 bits per heavy atom. The van der Waals surface area contributed by atoms with E-state index in [0.29, 0.717) is 6.42 Å². The molecule has 0 radical (unpaired) electrons. The molecule has 1 aromatic heterocycles. The SMILES string of the molecule is Cc1nn(-c2ccc(F)cc2)c2c1C(=O)CCC2. The fourth-order valence-electron chi connectivity index (χ4n) is 2.51. The second-order valence-corrected chi connectivity index (χ2v) is 4.57. The van der Waals surface area contributed by atoms with Crippen molar-refractivity contribution in [3.8, 4) is 5.69 Å². The molecule has 0 unspecified atom stereocenters. The van der Waals surface area contributed by atoms with Crippen LogP contribution in [0.3, 0.4) is 0 Å². The Hall–Kier alpha value is -1.97. The van der Waals surface area contributed by atoms with Crippen LogP contribution in [0, 0.1) is 12.7 Å². The first-order valence-electron chi connectivity index (χ1n) is 6.04. The van der Waals surface area contributed by atoms with Gasteiger partial charge in [-0.2, -0.15) is 5.10 Å². The number of fused-ring (bicyclic) bond motifs is 1. The van der Waals surface area contributed by atoms with Crippen LogP contribution in [0.1, 0.15) is 34.6 Å². The lowest BCUT2D eigenvalue weighted by molar-refractivity contribution is 0.0971. The Morgan fingerprint density at radius 1 is 1.22 bits per heavy atom. The lowest BCUT2D eigenvalue weighted by Gasteiger charge is -2.13. The Kier molecular flexibility index (Phi) is 2.51. The Balaban J connectivity index is 2.16. The molecule has 0 saturated heterocycles. The van der Waals surface area contributed by atoms with E-state index in [1.807, 2.05) is 6.92 Å². The molecule has 0 bridgehead atoms. The molecule has 0 amide bonds. The zero-order valence-electron chi connectivity index (χ0n) is 10.1. The Morgan fingerprint density at radius 2 is 1.94 bits per heavy atom. The van der Waals surface area contributed by atoms with Gasteiger partial charge in [-0.05, 0) is 44.0 Å². The normalized spacial score (nSPS) is 14.7. The van der Waals surface area contributed by atoms with Crippen LogP contribution in [0.15, 0.2) is 24.3 Å². The third kappa shape index (κ3) is 1.65. The van der Waals surface area contributed by atoms with E-state index >= 15 is 0 Å². The number of carbonyl (C=O) groups excluding carboxylic acids is 1. The zero-order valence-corrected chi connectivity index (χ0v) is 10.1. The Bertz CT molecular complexity index is 613. The molecule has 0 aliphatic heterocycles. The standard InChI is InChI=1S/C14H13FN2O/c1-9-14-12(3-2-4-13(14)18)17(16-9)11-7-5-10(15)6-8-11/h5-8H,2-4H2,1H3. The summed E-state index contributed by atoms with van der Waals surface area (Å²) < 4.78 is 14.7. The van der Waals surface area contributed by atoms with Crippen LogP contribution >= 0.6 is 0 Å². The summed E-state index contributed by atoms with van der Waals surface area (Å²) in [6.45, 7) is 1.85. The van der Waals surface area contributed by atoms with Gasteiger partial charge in [-0.1, -0.05) is 0 Å². The number of carbonyl (C=O) groups is 1. The average Bonchev–Trinajstić information content (AvgIpc) is 2.69. The minimum absolute atomic E-state index is 0.169. The number of aryl methyl sites for hydroxylation is 1. The maximum atomic E-state index is 12.9. The number of Topliss-reactive ketones (excluding diaryl/α,β-unsaturated/α-hetero) is 1. The van der Waals surface area contributed by atoms with Gasteiger partial charge in [-0.25, -0.2) is 9.07 Å². The highest BCUT2D eigenvalue weighted by molar-refractivity contribution is 5.99. The van der Waals surface area contributed by atoms with Crippen molar-refractivity contribution in [1.29, 1.82) is 0 Å². The van der Waals surface area contributed by atoms with E-state index in [4.69, 9.17) is 0 Å². The number of halogens is 1. The zero-order chi connectivity index (χ0) is 12.7. The largest absolute Gasteiger partial charge is 0.294 e. The predicted molar refractivity (Wildman–Crippen MR) is 65.5 cm³/mol. The molecule has 0 saturated carbocycles. The van der Waals surface area contributed by atoms with E-state index in [-0.39, 0.29) is 11.6 Å². The molecule has 1 aromatic carbocycles. The van der Waals surface area contributed by atoms with E-state index in [1.165, 1.54) is 12.1 Å². The molecule has 0 spiro atoms. The van der Waals surface area contributed by atoms with E-state index < -0.39 is 0 Å². The minimum Gasteiger partial charge on any atom is -0.294 e. The van der Waals surface area contributed by atoms with Crippen molar-refractivity contribution in [2.45, 2.75) is 26.2 Å². The van der Waals surface area contributed by atoms with Crippen LogP contribution in [0.2, 0.25) is 0 Å². The van der Waals surface area contributed by atoms with Crippen LogP contribution in [-0.2, 0) is 6.42 Å². The van der Waals surface area contributed by atoms with Gasteiger partial charge in [0.05, 0.1) is 22.6 Å². The molecule has 3 rings (SSSR count). The number of aromatic nitrogens is 2. The van der Waals surface area contributed by atoms with Crippen molar-refractivity contribution in [1.82, 2.24) is 9.78 Å². The number of hydrogen-bond acceptors (Lipinski definition) is 2. The van der Waals surface area contributed by atoms with Crippen LogP contribution < -0.4 is 0 Å². The summed E-state index contributed by atoms with van der Waals surface area (Å²) in [5.74, 6) is -0.102. The highest BCUT2D eigenvalue weighted by Crippen LogP contribution is 2.26. The van der Waals surface area contributed by atoms with Crippen LogP contribution in [0.25, 0.3) is 5.69 Å². The fraction of sp³-hybridized carbons (Fsp3) is 0.286. The van der Waals surface area contributed by atoms with Crippen LogP contribution in [0.4, 0.5) is 4.39 Å². The van der Waals surface area contributed by atoms with Gasteiger partial charge in [0.1, 0.15) is 5.82 Å². The number of hydrogen-bond donors (Lipinski definition) is 0. The van der Waals surface area contributed by atoms with E-state index in [1.54, 1.807) is 16.8 Å². The fourth-order valence-corrected chi connectivity index (χ4v) is 2.51. The van der Waals surface area contributed by atoms with Crippen molar-refractivity contribution >= 4 is 5.78 Å². The summed E-state index contributed by atoms with van der Waals surface area (Å²) in [5, 5.41) is 4.42. The van der Waals surface area contributed by atoms with Gasteiger partial charge in [-0.3, -0.25) is 4.79 Å². The van der Waals surface area contributed by atoms with Gasteiger partial charge < -0.3 is 0 Å². The molecular weight excluding hydrogens is 231 g/mol. The summed E-state index contributed by atoms with van der Waals surface area (Å²) in [5.41, 5.74) is 3.27. The third-order valence-electron chi connectivity index (χ3n) is 3.32. The van der Waals surface area contributed by atoms with Gasteiger partial charge in [0.2, 0.25) is 0 Å². The van der Waals surface area contributed by atoms with Gasteiger partial charge in [0.25, 0.3) is 0 Å². The molecule has 0 N–H and O–H groups in total. The molecule has 1 aliphatic carbocycles. The summed E-state index contributed by atoms with van der Waals surface area (Å²) >= 11 is 0. The first-order valence-corrected chi connectivity index (χ1v) is 6.04. The maximum Gasteiger partial charge on any atom is 0.166 e. The van der Waals surface area contributed by atoms with Gasteiger partial charge in [0, 0.05) is 6.42 Å². The first kappa shape index (κ1) is 11.1. The molecule has 2 aromatic rings. The third-order valence-corrected chi connectivity index (χ3v) is 3.32. The maximum absolute atomic E-state index is 12.9. The number of nitrogens with zero attached hydrogens (tertiary/aromatic N) is 2. The molecule has 1 aliphatic rings. The average molecular weight is 244 g/mol. The van der Waals surface area contributed by atoms with Gasteiger partial charge in [0.15, 0.2) is 5.78 Å². The molecule has 0 fully saturated rings. The van der Waals surface area contributed by atoms with E-state index in [9.17, 15) is 9.18 Å². The molecule has 3 nitrogen and oxygen atoms in total. The Labute approximate surface area is 104 Å². The summed E-state index contributed by atoms with van der Waals surface area (Å²) in [6, 6.07) is 6.18. The molecule has 92 valence electrons. The monoisotopic (exact) mass is 244 g/mol. The van der Waals surface area contributed by atoms with Crippen LogP contribution in [-0.4, -0.2) is 15.6 Å². The van der Waals surface area contributed by atoms with E-state index in [2.05, 4.69) is 5.10 Å². The number of benzene rings is 1. The van der Waals surface area contributed by atoms with Crippen molar-refractivity contribution < 1.29 is 9.18 Å².